The number of carbonyl (C=O) groups excluding carboxylic acids is 4. The number of likely N-dealkylation sites (tertiary alicyclic amines) is 1. The number of thioether (sulfide) groups is 1. The molecule has 3 saturated heterocycles. The number of rotatable bonds is 14. The number of piperidine rings is 2. The van der Waals surface area contributed by atoms with Crippen LogP contribution in [0.25, 0.3) is 0 Å². The Kier molecular flexibility index (Phi) is 17.4. The lowest BCUT2D eigenvalue weighted by Gasteiger charge is -2.46. The number of nitrogens with zero attached hydrogens (tertiary/aromatic N) is 5. The minimum atomic E-state index is -2.94. The first-order valence-electron chi connectivity index (χ1n) is 23.3. The Morgan fingerprint density at radius 2 is 1.55 bits per heavy atom. The number of ether oxygens (including phenoxy) is 3. The van der Waals surface area contributed by atoms with Crippen molar-refractivity contribution in [1.29, 1.82) is 5.41 Å². The van der Waals surface area contributed by atoms with E-state index in [0.29, 0.717) is 97.9 Å². The first kappa shape index (κ1) is 52.3. The molecule has 8 rings (SSSR count). The second-order valence-electron chi connectivity index (χ2n) is 17.2. The summed E-state index contributed by atoms with van der Waals surface area (Å²) in [6.45, 7) is 10.2. The highest BCUT2D eigenvalue weighted by Gasteiger charge is 2.48. The summed E-state index contributed by atoms with van der Waals surface area (Å²) in [4.78, 5) is 62.6. The van der Waals surface area contributed by atoms with Crippen LogP contribution in [0.1, 0.15) is 84.4 Å². The maximum Gasteiger partial charge on any atom is 0.275 e. The van der Waals surface area contributed by atoms with Gasteiger partial charge < -0.3 is 29.8 Å². The molecule has 4 aliphatic rings. The van der Waals surface area contributed by atoms with E-state index >= 15 is 8.78 Å². The minimum absolute atomic E-state index is 0.0549. The lowest BCUT2D eigenvalue weighted by atomic mass is 9.74. The van der Waals surface area contributed by atoms with Crippen molar-refractivity contribution in [1.82, 2.24) is 25.0 Å². The van der Waals surface area contributed by atoms with Crippen LogP contribution in [0.4, 0.5) is 20.3 Å². The number of hydrogen-bond donors (Lipinski definition) is 3. The number of piperazine rings is 1. The number of methoxy groups -OCH3 is 1. The number of pyridine rings is 1. The van der Waals surface area contributed by atoms with Crippen molar-refractivity contribution < 1.29 is 42.2 Å². The number of alkyl halides is 2. The van der Waals surface area contributed by atoms with Crippen molar-refractivity contribution >= 4 is 52.6 Å². The van der Waals surface area contributed by atoms with Gasteiger partial charge in [0.25, 0.3) is 17.7 Å². The lowest BCUT2D eigenvalue weighted by Crippen LogP contribution is -2.61. The molecular weight excluding hydrogens is 907 g/mol. The van der Waals surface area contributed by atoms with Crippen LogP contribution in [0.15, 0.2) is 72.9 Å². The predicted molar refractivity (Wildman–Crippen MR) is 266 cm³/mol. The van der Waals surface area contributed by atoms with E-state index in [1.165, 1.54) is 11.1 Å². The van der Waals surface area contributed by atoms with E-state index in [1.54, 1.807) is 92.3 Å². The summed E-state index contributed by atoms with van der Waals surface area (Å²) in [5.41, 5.74) is 2.15. The lowest BCUT2D eigenvalue weighted by molar-refractivity contribution is -0.138. The molecule has 69 heavy (non-hydrogen) atoms. The molecule has 15 nitrogen and oxygen atoms in total. The summed E-state index contributed by atoms with van der Waals surface area (Å²) in [7, 11) is 3.26. The van der Waals surface area contributed by atoms with Gasteiger partial charge >= 0.3 is 0 Å². The third-order valence-electron chi connectivity index (χ3n) is 12.7. The van der Waals surface area contributed by atoms with Crippen molar-refractivity contribution in [3.8, 4) is 23.0 Å². The summed E-state index contributed by atoms with van der Waals surface area (Å²) in [6.07, 6.45) is 6.23. The van der Waals surface area contributed by atoms with Crippen LogP contribution < -0.4 is 29.7 Å². The number of nitrogens with one attached hydrogen (secondary N) is 3. The standard InChI is InChI=1S/C47H52F2N8O7.C2H6S.C2H6/c1-5-63-38-22-30(8-13-37(38)62-4)27-57-43(59)34-24-40(52-25-35(34)44(57)60)56-20-18-55(19-21-56)39-15-17-54(28-47(39,48)49)26-29-6-9-31(10-7-29)64-32-11-12-33(36(23-32)51-3)42(50)46(2)16-14-41(58)53-45(46)61;1-3-2;1-2/h6-13,22-25,39,50-51H,5,14-21,26-28H2,1-4H3,(H,53,58,61);1-2H3;1-2H3. The van der Waals surface area contributed by atoms with Crippen molar-refractivity contribution in [3.63, 3.8) is 0 Å². The van der Waals surface area contributed by atoms with Gasteiger partial charge in [0.2, 0.25) is 11.8 Å². The molecule has 4 amide bonds. The molecule has 0 radical (unpaired) electrons. The monoisotopic (exact) mass is 970 g/mol. The fraction of sp³-hybridized carbons (Fsp3) is 0.451. The summed E-state index contributed by atoms with van der Waals surface area (Å²) in [5, 5.41) is 14.3. The van der Waals surface area contributed by atoms with Gasteiger partial charge in [0.1, 0.15) is 17.3 Å². The Morgan fingerprint density at radius 3 is 2.19 bits per heavy atom. The van der Waals surface area contributed by atoms with Crippen LogP contribution in [0, 0.1) is 10.8 Å². The van der Waals surface area contributed by atoms with Crippen molar-refractivity contribution in [2.75, 3.05) is 82.8 Å². The molecule has 0 aliphatic carbocycles. The van der Waals surface area contributed by atoms with Gasteiger partial charge in [0, 0.05) is 76.3 Å². The maximum atomic E-state index is 15.9. The van der Waals surface area contributed by atoms with E-state index in [-0.39, 0.29) is 48.7 Å². The number of anilines is 2. The topological polar surface area (TPSA) is 170 Å². The molecule has 3 fully saturated rings. The van der Waals surface area contributed by atoms with Crippen LogP contribution in [-0.4, -0.2) is 134 Å². The molecule has 5 heterocycles. The van der Waals surface area contributed by atoms with Crippen molar-refractivity contribution in [2.24, 2.45) is 5.41 Å². The Morgan fingerprint density at radius 1 is 0.884 bits per heavy atom. The fourth-order valence-corrected chi connectivity index (χ4v) is 9.02. The van der Waals surface area contributed by atoms with E-state index in [2.05, 4.69) is 15.6 Å². The first-order valence-corrected chi connectivity index (χ1v) is 24.9. The summed E-state index contributed by atoms with van der Waals surface area (Å²) in [6, 6.07) is 18.5. The number of fused-ring (bicyclic) bond motifs is 1. The van der Waals surface area contributed by atoms with Crippen LogP contribution >= 0.6 is 11.8 Å². The molecule has 4 aliphatic heterocycles. The fourth-order valence-electron chi connectivity index (χ4n) is 9.02. The SMILES string of the molecule is CC.CCOc1cc(CN2C(=O)c3cnc(N4CCN(C5CCN(Cc6ccc(Oc7ccc(C(=N)C8(C)CCC(=O)NC8=O)c(NC)c7)cc6)CC5(F)F)CC4)cc3C2=O)ccc1OC.CSC. The molecule has 0 spiro atoms. The largest absolute Gasteiger partial charge is 0.493 e. The van der Waals surface area contributed by atoms with Gasteiger partial charge in [0.05, 0.1) is 55.1 Å². The minimum Gasteiger partial charge on any atom is -0.493 e. The summed E-state index contributed by atoms with van der Waals surface area (Å²) < 4.78 is 48.9. The van der Waals surface area contributed by atoms with Crippen molar-refractivity contribution in [3.05, 3.63) is 101 Å². The van der Waals surface area contributed by atoms with Crippen LogP contribution in [0.3, 0.4) is 0 Å². The number of imide groups is 2. The van der Waals surface area contributed by atoms with Gasteiger partial charge in [-0.05, 0) is 92.8 Å². The normalized spacial score (nSPS) is 20.2. The molecule has 2 atom stereocenters. The van der Waals surface area contributed by atoms with E-state index in [9.17, 15) is 19.2 Å². The third kappa shape index (κ3) is 11.7. The Hall–Kier alpha value is -6.11. The van der Waals surface area contributed by atoms with Crippen LogP contribution in [-0.2, 0) is 22.7 Å². The molecule has 370 valence electrons. The molecule has 18 heteroatoms. The van der Waals surface area contributed by atoms with Crippen LogP contribution in [0.5, 0.6) is 23.0 Å². The molecule has 1 aromatic heterocycles. The zero-order valence-electron chi connectivity index (χ0n) is 40.7. The van der Waals surface area contributed by atoms with Crippen LogP contribution in [0.2, 0.25) is 0 Å². The molecule has 0 saturated carbocycles. The average Bonchev–Trinajstić information content (AvgIpc) is 3.58. The summed E-state index contributed by atoms with van der Waals surface area (Å²) in [5.74, 6) is -1.96. The maximum absolute atomic E-state index is 15.9. The van der Waals surface area contributed by atoms with Gasteiger partial charge in [-0.25, -0.2) is 13.8 Å². The van der Waals surface area contributed by atoms with Gasteiger partial charge in [-0.2, -0.15) is 11.8 Å². The smallest absolute Gasteiger partial charge is 0.275 e. The van der Waals surface area contributed by atoms with Gasteiger partial charge in [-0.3, -0.25) is 39.2 Å². The average molecular weight is 971 g/mol. The second-order valence-corrected chi connectivity index (χ2v) is 18.0. The molecule has 4 aromatic rings. The number of hydrogen-bond acceptors (Lipinski definition) is 14. The molecule has 3 aromatic carbocycles. The zero-order chi connectivity index (χ0) is 50.0. The number of aromatic nitrogens is 1. The van der Waals surface area contributed by atoms with Gasteiger partial charge in [0.15, 0.2) is 11.5 Å². The molecular formula is C51H64F2N8O7S. The second kappa shape index (κ2) is 23.0. The highest BCUT2D eigenvalue weighted by molar-refractivity contribution is 7.97. The third-order valence-corrected chi connectivity index (χ3v) is 12.7. The number of benzene rings is 3. The van der Waals surface area contributed by atoms with Crippen molar-refractivity contribution in [2.45, 2.75) is 72.0 Å². The Balaban J connectivity index is 0.00000151. The first-order chi connectivity index (χ1) is 33.1. The Bertz CT molecular complexity index is 2500. The van der Waals surface area contributed by atoms with E-state index in [4.69, 9.17) is 19.6 Å². The van der Waals surface area contributed by atoms with E-state index < -0.39 is 35.1 Å². The zero-order valence-corrected chi connectivity index (χ0v) is 41.6. The quantitative estimate of drug-likeness (QED) is 0.0823. The van der Waals surface area contributed by atoms with Gasteiger partial charge in [-0.1, -0.05) is 32.0 Å². The molecule has 2 unspecified atom stereocenters. The van der Waals surface area contributed by atoms with E-state index in [1.807, 2.05) is 55.2 Å². The number of halogens is 2. The molecule has 3 N–H and O–H groups in total. The molecule has 0 bridgehead atoms. The Labute approximate surface area is 407 Å². The highest BCUT2D eigenvalue weighted by Crippen LogP contribution is 2.38. The summed E-state index contributed by atoms with van der Waals surface area (Å²) >= 11 is 1.75. The number of amides is 4. The van der Waals surface area contributed by atoms with E-state index in [0.717, 1.165) is 5.56 Å². The predicted octanol–water partition coefficient (Wildman–Crippen LogP) is 7.97. The van der Waals surface area contributed by atoms with Gasteiger partial charge in [-0.15, -0.1) is 0 Å². The highest BCUT2D eigenvalue weighted by atomic mass is 32.2. The number of carbonyl (C=O) groups is 4.